The molecule has 4 heteroatoms. The van der Waals surface area contributed by atoms with Gasteiger partial charge >= 0.3 is 0 Å². The maximum atomic E-state index is 12.3. The van der Waals surface area contributed by atoms with Gasteiger partial charge in [-0.25, -0.2) is 4.98 Å². The van der Waals surface area contributed by atoms with Crippen LogP contribution >= 0.6 is 0 Å². The van der Waals surface area contributed by atoms with Crippen LogP contribution in [0.4, 0.5) is 5.69 Å². The first-order valence-electron chi connectivity index (χ1n) is 8.54. The number of nitrogens with one attached hydrogen (secondary N) is 1. The zero-order valence-corrected chi connectivity index (χ0v) is 13.9. The quantitative estimate of drug-likeness (QED) is 0.804. The Hall–Kier alpha value is -2.62. The van der Waals surface area contributed by atoms with Gasteiger partial charge in [-0.2, -0.15) is 0 Å². The van der Waals surface area contributed by atoms with E-state index in [2.05, 4.69) is 28.5 Å². The Morgan fingerprint density at radius 1 is 1.17 bits per heavy atom. The summed E-state index contributed by atoms with van der Waals surface area (Å²) < 4.78 is 1.60. The fourth-order valence-corrected chi connectivity index (χ4v) is 3.48. The summed E-state index contributed by atoms with van der Waals surface area (Å²) in [6, 6.07) is 12.0. The second-order valence-electron chi connectivity index (χ2n) is 6.52. The van der Waals surface area contributed by atoms with Crippen molar-refractivity contribution in [2.75, 3.05) is 5.32 Å². The SMILES string of the molecule is Cc1ccc2nc(CNc3cccc4c3CCCC4)cc(=O)n2c1. The summed E-state index contributed by atoms with van der Waals surface area (Å²) in [4.78, 5) is 16.9. The molecular formula is C20H21N3O. The van der Waals surface area contributed by atoms with Crippen LogP contribution in [0.2, 0.25) is 0 Å². The van der Waals surface area contributed by atoms with Crippen molar-refractivity contribution in [2.24, 2.45) is 0 Å². The molecular weight excluding hydrogens is 298 g/mol. The molecule has 0 bridgehead atoms. The third-order valence-electron chi connectivity index (χ3n) is 4.72. The van der Waals surface area contributed by atoms with E-state index in [9.17, 15) is 4.79 Å². The van der Waals surface area contributed by atoms with E-state index in [0.29, 0.717) is 12.2 Å². The number of fused-ring (bicyclic) bond motifs is 2. The van der Waals surface area contributed by atoms with E-state index >= 15 is 0 Å². The standard InChI is InChI=1S/C20H21N3O/c1-14-9-10-19-22-16(11-20(24)23(19)13-14)12-21-18-8-4-6-15-5-2-3-7-17(15)18/h4,6,8-11,13,21H,2-3,5,7,12H2,1H3. The molecule has 0 saturated heterocycles. The largest absolute Gasteiger partial charge is 0.379 e. The average molecular weight is 319 g/mol. The fourth-order valence-electron chi connectivity index (χ4n) is 3.48. The molecule has 0 unspecified atom stereocenters. The van der Waals surface area contributed by atoms with E-state index in [1.54, 1.807) is 10.5 Å². The minimum atomic E-state index is -0.0319. The van der Waals surface area contributed by atoms with Gasteiger partial charge in [-0.05, 0) is 61.4 Å². The normalized spacial score (nSPS) is 13.7. The third-order valence-corrected chi connectivity index (χ3v) is 4.72. The molecule has 0 saturated carbocycles. The van der Waals surface area contributed by atoms with E-state index in [0.717, 1.165) is 17.7 Å². The Labute approximate surface area is 141 Å². The summed E-state index contributed by atoms with van der Waals surface area (Å²) in [5, 5.41) is 3.48. The molecule has 1 N–H and O–H groups in total. The van der Waals surface area contributed by atoms with Crippen LogP contribution in [-0.2, 0) is 19.4 Å². The van der Waals surface area contributed by atoms with Crippen molar-refractivity contribution in [3.8, 4) is 0 Å². The van der Waals surface area contributed by atoms with Gasteiger partial charge in [-0.3, -0.25) is 9.20 Å². The highest BCUT2D eigenvalue weighted by Gasteiger charge is 2.12. The highest BCUT2D eigenvalue weighted by Crippen LogP contribution is 2.28. The smallest absolute Gasteiger partial charge is 0.258 e. The van der Waals surface area contributed by atoms with Gasteiger partial charge in [0.15, 0.2) is 0 Å². The van der Waals surface area contributed by atoms with E-state index in [1.165, 1.54) is 36.1 Å². The van der Waals surface area contributed by atoms with Gasteiger partial charge in [0.05, 0.1) is 12.2 Å². The first-order valence-corrected chi connectivity index (χ1v) is 8.54. The topological polar surface area (TPSA) is 46.4 Å². The molecule has 1 aliphatic carbocycles. The van der Waals surface area contributed by atoms with Gasteiger partial charge in [0.1, 0.15) is 5.65 Å². The van der Waals surface area contributed by atoms with Crippen molar-refractivity contribution in [3.05, 3.63) is 75.3 Å². The van der Waals surface area contributed by atoms with E-state index < -0.39 is 0 Å². The molecule has 0 radical (unpaired) electrons. The zero-order chi connectivity index (χ0) is 16.5. The molecule has 2 heterocycles. The van der Waals surface area contributed by atoms with Gasteiger partial charge in [0.2, 0.25) is 0 Å². The number of anilines is 1. The summed E-state index contributed by atoms with van der Waals surface area (Å²) in [7, 11) is 0. The molecule has 0 fully saturated rings. The molecule has 1 aliphatic rings. The molecule has 0 aliphatic heterocycles. The summed E-state index contributed by atoms with van der Waals surface area (Å²) in [5.74, 6) is 0. The Morgan fingerprint density at radius 3 is 2.96 bits per heavy atom. The molecule has 24 heavy (non-hydrogen) atoms. The van der Waals surface area contributed by atoms with E-state index in [1.807, 2.05) is 25.3 Å². The third kappa shape index (κ3) is 2.80. The van der Waals surface area contributed by atoms with Crippen molar-refractivity contribution in [3.63, 3.8) is 0 Å². The van der Waals surface area contributed by atoms with Gasteiger partial charge in [0, 0.05) is 18.0 Å². The van der Waals surface area contributed by atoms with Gasteiger partial charge < -0.3 is 5.32 Å². The first-order chi connectivity index (χ1) is 11.7. The van der Waals surface area contributed by atoms with Crippen molar-refractivity contribution < 1.29 is 0 Å². The fraction of sp³-hybridized carbons (Fsp3) is 0.300. The lowest BCUT2D eigenvalue weighted by molar-refractivity contribution is 0.686. The predicted molar refractivity (Wildman–Crippen MR) is 96.6 cm³/mol. The lowest BCUT2D eigenvalue weighted by Crippen LogP contribution is -2.17. The number of rotatable bonds is 3. The number of nitrogens with zero attached hydrogens (tertiary/aromatic N) is 2. The van der Waals surface area contributed by atoms with Crippen LogP contribution in [0.1, 0.15) is 35.2 Å². The molecule has 4 rings (SSSR count). The van der Waals surface area contributed by atoms with Crippen LogP contribution < -0.4 is 10.9 Å². The lowest BCUT2D eigenvalue weighted by atomic mass is 9.90. The van der Waals surface area contributed by atoms with Crippen LogP contribution in [0.3, 0.4) is 0 Å². The second-order valence-corrected chi connectivity index (χ2v) is 6.52. The number of aromatic nitrogens is 2. The number of hydrogen-bond donors (Lipinski definition) is 1. The summed E-state index contributed by atoms with van der Waals surface area (Å²) in [5.41, 5.74) is 6.55. The lowest BCUT2D eigenvalue weighted by Gasteiger charge is -2.20. The average Bonchev–Trinajstić information content (AvgIpc) is 2.60. The Balaban J connectivity index is 1.62. The maximum absolute atomic E-state index is 12.3. The zero-order valence-electron chi connectivity index (χ0n) is 13.9. The summed E-state index contributed by atoms with van der Waals surface area (Å²) >= 11 is 0. The second kappa shape index (κ2) is 6.11. The minimum Gasteiger partial charge on any atom is -0.379 e. The van der Waals surface area contributed by atoms with Crippen molar-refractivity contribution in [1.29, 1.82) is 0 Å². The van der Waals surface area contributed by atoms with Crippen LogP contribution in [0, 0.1) is 6.92 Å². The Kier molecular flexibility index (Phi) is 3.81. The molecule has 0 atom stereocenters. The van der Waals surface area contributed by atoms with Gasteiger partial charge in [-0.15, -0.1) is 0 Å². The van der Waals surface area contributed by atoms with Crippen molar-refractivity contribution in [2.45, 2.75) is 39.2 Å². The number of pyridine rings is 1. The van der Waals surface area contributed by atoms with Crippen LogP contribution in [0.5, 0.6) is 0 Å². The Morgan fingerprint density at radius 2 is 2.04 bits per heavy atom. The first kappa shape index (κ1) is 14.9. The molecule has 0 amide bonds. The van der Waals surface area contributed by atoms with Crippen LogP contribution in [0.25, 0.3) is 5.65 Å². The van der Waals surface area contributed by atoms with Gasteiger partial charge in [-0.1, -0.05) is 18.2 Å². The van der Waals surface area contributed by atoms with E-state index in [-0.39, 0.29) is 5.56 Å². The summed E-state index contributed by atoms with van der Waals surface area (Å²) in [6.45, 7) is 2.54. The highest BCUT2D eigenvalue weighted by molar-refractivity contribution is 5.56. The summed E-state index contributed by atoms with van der Waals surface area (Å²) in [6.07, 6.45) is 6.65. The number of hydrogen-bond acceptors (Lipinski definition) is 3. The maximum Gasteiger partial charge on any atom is 0.258 e. The molecule has 1 aromatic carbocycles. The van der Waals surface area contributed by atoms with Gasteiger partial charge in [0.25, 0.3) is 5.56 Å². The highest BCUT2D eigenvalue weighted by atomic mass is 16.1. The minimum absolute atomic E-state index is 0.0319. The molecule has 4 nitrogen and oxygen atoms in total. The molecule has 3 aromatic rings. The Bertz CT molecular complexity index is 959. The molecule has 122 valence electrons. The van der Waals surface area contributed by atoms with E-state index in [4.69, 9.17) is 0 Å². The van der Waals surface area contributed by atoms with Crippen LogP contribution in [0.15, 0.2) is 47.4 Å². The molecule has 2 aromatic heterocycles. The number of benzene rings is 1. The van der Waals surface area contributed by atoms with Crippen molar-refractivity contribution in [1.82, 2.24) is 9.38 Å². The predicted octanol–water partition coefficient (Wildman–Crippen LogP) is 3.49. The number of aryl methyl sites for hydroxylation is 2. The monoisotopic (exact) mass is 319 g/mol. The molecule has 0 spiro atoms. The van der Waals surface area contributed by atoms with Crippen molar-refractivity contribution >= 4 is 11.3 Å². The van der Waals surface area contributed by atoms with Crippen LogP contribution in [-0.4, -0.2) is 9.38 Å².